The normalized spacial score (nSPS) is 13.4. The maximum absolute atomic E-state index is 13.2. The van der Waals surface area contributed by atoms with E-state index < -0.39 is 18.2 Å². The summed E-state index contributed by atoms with van der Waals surface area (Å²) in [6, 6.07) is -0.698. The largest absolute Gasteiger partial charge is 0.462 e. The van der Waals surface area contributed by atoms with Crippen molar-refractivity contribution in [3.05, 3.63) is 24.3 Å². The lowest BCUT2D eigenvalue weighted by atomic mass is 10.0. The predicted octanol–water partition coefficient (Wildman–Crippen LogP) is 15.5. The van der Waals surface area contributed by atoms with Crippen molar-refractivity contribution in [1.29, 1.82) is 0 Å². The molecule has 0 aromatic heterocycles. The first-order chi connectivity index (χ1) is 29.0. The van der Waals surface area contributed by atoms with E-state index in [1.165, 1.54) is 173 Å². The van der Waals surface area contributed by atoms with Crippen molar-refractivity contribution in [2.75, 3.05) is 6.61 Å². The average molecular weight is 832 g/mol. The fraction of sp³-hybridized carbons (Fsp3) is 0.887. The van der Waals surface area contributed by atoms with Crippen molar-refractivity contribution in [2.24, 2.45) is 0 Å². The zero-order valence-electron chi connectivity index (χ0n) is 39.7. The lowest BCUT2D eigenvalue weighted by Gasteiger charge is -2.24. The van der Waals surface area contributed by atoms with Crippen molar-refractivity contribution in [2.45, 2.75) is 296 Å². The van der Waals surface area contributed by atoms with E-state index >= 15 is 0 Å². The summed E-state index contributed by atoms with van der Waals surface area (Å²) in [6.45, 7) is 6.45. The molecule has 348 valence electrons. The van der Waals surface area contributed by atoms with Crippen LogP contribution in [-0.4, -0.2) is 46.9 Å². The maximum atomic E-state index is 13.2. The average Bonchev–Trinajstić information content (AvgIpc) is 3.23. The second kappa shape index (κ2) is 47.4. The smallest absolute Gasteiger partial charge is 0.306 e. The molecule has 6 nitrogen and oxygen atoms in total. The minimum Gasteiger partial charge on any atom is -0.462 e. The van der Waals surface area contributed by atoms with E-state index in [1.54, 1.807) is 0 Å². The zero-order valence-corrected chi connectivity index (χ0v) is 39.7. The molecular weight excluding hydrogens is 731 g/mol. The van der Waals surface area contributed by atoms with Crippen molar-refractivity contribution in [1.82, 2.24) is 5.32 Å². The number of hydrogen-bond acceptors (Lipinski definition) is 5. The van der Waals surface area contributed by atoms with E-state index in [2.05, 4.69) is 50.4 Å². The van der Waals surface area contributed by atoms with E-state index in [0.717, 1.165) is 57.8 Å². The van der Waals surface area contributed by atoms with Crippen molar-refractivity contribution in [3.8, 4) is 0 Å². The molecule has 0 aromatic rings. The number of carbonyl (C=O) groups is 2. The van der Waals surface area contributed by atoms with E-state index in [4.69, 9.17) is 4.74 Å². The molecule has 0 radical (unpaired) electrons. The summed E-state index contributed by atoms with van der Waals surface area (Å²) in [5.74, 6) is -0.474. The summed E-state index contributed by atoms with van der Waals surface area (Å²) in [4.78, 5) is 26.1. The second-order valence-electron chi connectivity index (χ2n) is 18.0. The van der Waals surface area contributed by atoms with Crippen molar-refractivity contribution < 1.29 is 24.5 Å². The summed E-state index contributed by atoms with van der Waals surface area (Å²) in [6.07, 6.45) is 53.8. The molecule has 0 aliphatic rings. The third-order valence-electron chi connectivity index (χ3n) is 12.1. The number of hydrogen-bond donors (Lipinski definition) is 3. The van der Waals surface area contributed by atoms with Gasteiger partial charge in [-0.25, -0.2) is 0 Å². The van der Waals surface area contributed by atoms with Gasteiger partial charge in [-0.1, -0.05) is 238 Å². The highest BCUT2D eigenvalue weighted by Gasteiger charge is 2.24. The van der Waals surface area contributed by atoms with Crippen molar-refractivity contribution in [3.63, 3.8) is 0 Å². The van der Waals surface area contributed by atoms with Crippen LogP contribution < -0.4 is 5.32 Å². The Hall–Kier alpha value is -1.66. The summed E-state index contributed by atoms with van der Waals surface area (Å²) in [5, 5.41) is 23.7. The molecular formula is C53H101NO5. The molecule has 0 heterocycles. The Labute approximate surface area is 367 Å². The molecule has 0 saturated heterocycles. The predicted molar refractivity (Wildman–Crippen MR) is 255 cm³/mol. The fourth-order valence-corrected chi connectivity index (χ4v) is 8.07. The van der Waals surface area contributed by atoms with Gasteiger partial charge in [-0.2, -0.15) is 0 Å². The molecule has 0 saturated carbocycles. The first-order valence-corrected chi connectivity index (χ1v) is 26.1. The van der Waals surface area contributed by atoms with Gasteiger partial charge in [0.2, 0.25) is 5.91 Å². The molecule has 0 spiro atoms. The number of carbonyl (C=O) groups excluding carboxylic acids is 2. The Kier molecular flexibility index (Phi) is 46.1. The number of unbranched alkanes of at least 4 members (excludes halogenated alkanes) is 32. The Bertz CT molecular complexity index is 935. The summed E-state index contributed by atoms with van der Waals surface area (Å²) in [5.41, 5.74) is 0. The van der Waals surface area contributed by atoms with Crippen LogP contribution in [0.1, 0.15) is 278 Å². The van der Waals surface area contributed by atoms with E-state index in [1.807, 2.05) is 0 Å². The van der Waals surface area contributed by atoms with E-state index in [9.17, 15) is 19.8 Å². The lowest BCUT2D eigenvalue weighted by molar-refractivity contribution is -0.151. The van der Waals surface area contributed by atoms with Crippen LogP contribution in [0.15, 0.2) is 24.3 Å². The number of nitrogens with one attached hydrogen (secondary N) is 1. The van der Waals surface area contributed by atoms with Gasteiger partial charge in [-0.15, -0.1) is 0 Å². The Morgan fingerprint density at radius 1 is 0.492 bits per heavy atom. The van der Waals surface area contributed by atoms with Gasteiger partial charge >= 0.3 is 5.97 Å². The molecule has 59 heavy (non-hydrogen) atoms. The molecule has 3 N–H and O–H groups in total. The van der Waals surface area contributed by atoms with Gasteiger partial charge in [0.05, 0.1) is 25.2 Å². The molecule has 0 rings (SSSR count). The third kappa shape index (κ3) is 42.8. The van der Waals surface area contributed by atoms with Crippen LogP contribution in [0.5, 0.6) is 0 Å². The Morgan fingerprint density at radius 2 is 0.847 bits per heavy atom. The lowest BCUT2D eigenvalue weighted by Crippen LogP contribution is -2.46. The number of aliphatic hydroxyl groups is 2. The first kappa shape index (κ1) is 57.3. The number of rotatable bonds is 47. The van der Waals surface area contributed by atoms with E-state index in [0.29, 0.717) is 19.3 Å². The van der Waals surface area contributed by atoms with Gasteiger partial charge in [0, 0.05) is 6.42 Å². The zero-order chi connectivity index (χ0) is 43.1. The van der Waals surface area contributed by atoms with Gasteiger partial charge < -0.3 is 20.3 Å². The van der Waals surface area contributed by atoms with Crippen LogP contribution >= 0.6 is 0 Å². The number of amides is 1. The molecule has 0 fully saturated rings. The van der Waals surface area contributed by atoms with Crippen LogP contribution in [0, 0.1) is 0 Å². The summed E-state index contributed by atoms with van der Waals surface area (Å²) in [7, 11) is 0. The van der Waals surface area contributed by atoms with Gasteiger partial charge in [-0.3, -0.25) is 9.59 Å². The highest BCUT2D eigenvalue weighted by molar-refractivity contribution is 5.77. The fourth-order valence-electron chi connectivity index (χ4n) is 8.07. The standard InChI is InChI=1S/C53H101NO5/c1-4-7-10-13-16-19-21-23-25-27-28-30-33-35-38-41-44-49(47-52(57)54-50(48-55)51(56)45-42-39-36-32-18-15-12-9-6-3)59-53(58)46-43-40-37-34-31-29-26-24-22-20-17-14-11-8-5-2/h17,20,22,24,49-51,55-56H,4-16,18-19,21,23,25-48H2,1-3H3,(H,54,57)/b20-17+,24-22+. The highest BCUT2D eigenvalue weighted by Crippen LogP contribution is 2.18. The van der Waals surface area contributed by atoms with Crippen LogP contribution in [0.2, 0.25) is 0 Å². The maximum Gasteiger partial charge on any atom is 0.306 e. The first-order valence-electron chi connectivity index (χ1n) is 26.1. The topological polar surface area (TPSA) is 95.9 Å². The Morgan fingerprint density at radius 3 is 1.29 bits per heavy atom. The molecule has 0 aliphatic carbocycles. The van der Waals surface area contributed by atoms with Gasteiger partial charge in [-0.05, 0) is 51.4 Å². The van der Waals surface area contributed by atoms with Crippen LogP contribution in [-0.2, 0) is 14.3 Å². The second-order valence-corrected chi connectivity index (χ2v) is 18.0. The molecule has 0 bridgehead atoms. The molecule has 3 unspecified atom stereocenters. The number of esters is 1. The van der Waals surface area contributed by atoms with Crippen LogP contribution in [0.3, 0.4) is 0 Å². The quantitative estimate of drug-likeness (QED) is 0.0322. The Balaban J connectivity index is 4.55. The summed E-state index contributed by atoms with van der Waals surface area (Å²) < 4.78 is 5.94. The molecule has 0 aromatic carbocycles. The van der Waals surface area contributed by atoms with Gasteiger partial charge in [0.25, 0.3) is 0 Å². The van der Waals surface area contributed by atoms with Crippen molar-refractivity contribution >= 4 is 11.9 Å². The van der Waals surface area contributed by atoms with E-state index in [-0.39, 0.29) is 24.9 Å². The molecule has 6 heteroatoms. The van der Waals surface area contributed by atoms with Gasteiger partial charge in [0.15, 0.2) is 0 Å². The summed E-state index contributed by atoms with van der Waals surface area (Å²) >= 11 is 0. The number of ether oxygens (including phenoxy) is 1. The van der Waals surface area contributed by atoms with Crippen LogP contribution in [0.25, 0.3) is 0 Å². The van der Waals surface area contributed by atoms with Crippen LogP contribution in [0.4, 0.5) is 0 Å². The molecule has 1 amide bonds. The molecule has 0 aliphatic heterocycles. The monoisotopic (exact) mass is 832 g/mol. The number of allylic oxidation sites excluding steroid dienone is 4. The number of aliphatic hydroxyl groups excluding tert-OH is 2. The minimum absolute atomic E-state index is 0.0782. The minimum atomic E-state index is -0.784. The van der Waals surface area contributed by atoms with Gasteiger partial charge in [0.1, 0.15) is 6.10 Å². The third-order valence-corrected chi connectivity index (χ3v) is 12.1. The SMILES string of the molecule is CCCCC/C=C/C=C/CCCCCCCCC(=O)OC(CCCCCCCCCCCCCCCCCC)CC(=O)NC(CO)C(O)CCCCCCCCCCC. The highest BCUT2D eigenvalue weighted by atomic mass is 16.5. The molecule has 3 atom stereocenters.